The summed E-state index contributed by atoms with van der Waals surface area (Å²) in [5.41, 5.74) is 8.20. The lowest BCUT2D eigenvalue weighted by Crippen LogP contribution is -2.14. The van der Waals surface area contributed by atoms with Crippen molar-refractivity contribution in [2.75, 3.05) is 0 Å². The van der Waals surface area contributed by atoms with Gasteiger partial charge in [-0.25, -0.2) is 4.39 Å². The molecule has 0 fully saturated rings. The number of aromatic nitrogens is 1. The number of hydrogen-bond donors (Lipinski definition) is 1. The third kappa shape index (κ3) is 2.26. The average molecular weight is 287 g/mol. The molecule has 0 spiro atoms. The summed E-state index contributed by atoms with van der Waals surface area (Å²) in [4.78, 5) is 4.35. The second-order valence-electron chi connectivity index (χ2n) is 4.57. The van der Waals surface area contributed by atoms with Crippen molar-refractivity contribution in [3.05, 3.63) is 76.7 Å². The number of rotatable bonds is 2. The number of para-hydroxylation sites is 1. The second kappa shape index (κ2) is 5.19. The van der Waals surface area contributed by atoms with Crippen molar-refractivity contribution >= 4 is 22.5 Å². The molecule has 20 heavy (non-hydrogen) atoms. The standard InChI is InChI=1S/C16H12ClFN2/c17-11-6-7-12(14(18)9-11)15(19)13-5-1-3-10-4-2-8-20-16(10)13/h1-9,15H,19H2. The maximum atomic E-state index is 14.0. The van der Waals surface area contributed by atoms with Gasteiger partial charge in [-0.05, 0) is 23.8 Å². The summed E-state index contributed by atoms with van der Waals surface area (Å²) in [6.45, 7) is 0. The van der Waals surface area contributed by atoms with E-state index in [9.17, 15) is 4.39 Å². The van der Waals surface area contributed by atoms with Crippen LogP contribution >= 0.6 is 11.6 Å². The number of hydrogen-bond acceptors (Lipinski definition) is 2. The summed E-state index contributed by atoms with van der Waals surface area (Å²) in [5, 5.41) is 1.34. The lowest BCUT2D eigenvalue weighted by atomic mass is 9.97. The van der Waals surface area contributed by atoms with Crippen LogP contribution < -0.4 is 5.73 Å². The Morgan fingerprint density at radius 3 is 2.65 bits per heavy atom. The van der Waals surface area contributed by atoms with Crippen LogP contribution in [0.3, 0.4) is 0 Å². The summed E-state index contributed by atoms with van der Waals surface area (Å²) >= 11 is 5.77. The first-order valence-corrected chi connectivity index (χ1v) is 6.59. The first-order valence-electron chi connectivity index (χ1n) is 6.21. The van der Waals surface area contributed by atoms with Gasteiger partial charge in [-0.2, -0.15) is 0 Å². The smallest absolute Gasteiger partial charge is 0.129 e. The molecule has 2 nitrogen and oxygen atoms in total. The van der Waals surface area contributed by atoms with Crippen LogP contribution in [0, 0.1) is 5.82 Å². The molecule has 0 saturated carbocycles. The highest BCUT2D eigenvalue weighted by atomic mass is 35.5. The average Bonchev–Trinajstić information content (AvgIpc) is 2.46. The van der Waals surface area contributed by atoms with E-state index >= 15 is 0 Å². The third-order valence-corrected chi connectivity index (χ3v) is 3.53. The maximum absolute atomic E-state index is 14.0. The summed E-state index contributed by atoms with van der Waals surface area (Å²) < 4.78 is 14.0. The summed E-state index contributed by atoms with van der Waals surface area (Å²) in [6, 6.07) is 13.5. The molecule has 3 aromatic rings. The molecular weight excluding hydrogens is 275 g/mol. The Morgan fingerprint density at radius 1 is 1.05 bits per heavy atom. The number of nitrogens with zero attached hydrogens (tertiary/aromatic N) is 1. The number of nitrogens with two attached hydrogens (primary N) is 1. The van der Waals surface area contributed by atoms with Gasteiger partial charge in [0.2, 0.25) is 0 Å². The van der Waals surface area contributed by atoms with Crippen LogP contribution in [0.5, 0.6) is 0 Å². The van der Waals surface area contributed by atoms with Gasteiger partial charge in [-0.1, -0.05) is 41.9 Å². The molecule has 0 saturated heterocycles. The second-order valence-corrected chi connectivity index (χ2v) is 5.00. The minimum Gasteiger partial charge on any atom is -0.320 e. The van der Waals surface area contributed by atoms with Crippen LogP contribution in [0.4, 0.5) is 4.39 Å². The van der Waals surface area contributed by atoms with E-state index < -0.39 is 11.9 Å². The fourth-order valence-corrected chi connectivity index (χ4v) is 2.46. The quantitative estimate of drug-likeness (QED) is 0.771. The first kappa shape index (κ1) is 13.0. The van der Waals surface area contributed by atoms with Crippen LogP contribution in [-0.4, -0.2) is 4.98 Å². The Bertz CT molecular complexity index is 768. The molecule has 0 aliphatic carbocycles. The minimum atomic E-state index is -0.578. The fraction of sp³-hybridized carbons (Fsp3) is 0.0625. The van der Waals surface area contributed by atoms with Crippen molar-refractivity contribution in [1.29, 1.82) is 0 Å². The lowest BCUT2D eigenvalue weighted by molar-refractivity contribution is 0.600. The van der Waals surface area contributed by atoms with Gasteiger partial charge in [0.15, 0.2) is 0 Å². The minimum absolute atomic E-state index is 0.356. The van der Waals surface area contributed by atoms with Crippen molar-refractivity contribution in [2.45, 2.75) is 6.04 Å². The normalized spacial score (nSPS) is 12.6. The van der Waals surface area contributed by atoms with Gasteiger partial charge in [0.1, 0.15) is 5.82 Å². The monoisotopic (exact) mass is 286 g/mol. The van der Waals surface area contributed by atoms with Crippen LogP contribution in [-0.2, 0) is 0 Å². The summed E-state index contributed by atoms with van der Waals surface area (Å²) in [5.74, 6) is -0.405. The Balaban J connectivity index is 2.15. The van der Waals surface area contributed by atoms with E-state index in [1.165, 1.54) is 6.07 Å². The van der Waals surface area contributed by atoms with Crippen molar-refractivity contribution in [3.8, 4) is 0 Å². The highest BCUT2D eigenvalue weighted by Crippen LogP contribution is 2.28. The topological polar surface area (TPSA) is 38.9 Å². The summed E-state index contributed by atoms with van der Waals surface area (Å²) in [7, 11) is 0. The number of halogens is 2. The predicted octanol–water partition coefficient (Wildman–Crippen LogP) is 4.08. The Hall–Kier alpha value is -1.97. The van der Waals surface area contributed by atoms with E-state index in [0.29, 0.717) is 10.6 Å². The van der Waals surface area contributed by atoms with Crippen molar-refractivity contribution < 1.29 is 4.39 Å². The Kier molecular flexibility index (Phi) is 3.38. The van der Waals surface area contributed by atoms with Gasteiger partial charge < -0.3 is 5.73 Å². The van der Waals surface area contributed by atoms with Gasteiger partial charge in [-0.15, -0.1) is 0 Å². The zero-order chi connectivity index (χ0) is 14.1. The molecule has 3 rings (SSSR count). The highest BCUT2D eigenvalue weighted by Gasteiger charge is 2.16. The molecule has 1 unspecified atom stereocenters. The Morgan fingerprint density at radius 2 is 1.85 bits per heavy atom. The van der Waals surface area contributed by atoms with Gasteiger partial charge in [0, 0.05) is 22.2 Å². The van der Waals surface area contributed by atoms with Crippen molar-refractivity contribution in [1.82, 2.24) is 4.98 Å². The molecule has 0 aliphatic rings. The molecule has 1 aromatic heterocycles. The largest absolute Gasteiger partial charge is 0.320 e. The third-order valence-electron chi connectivity index (χ3n) is 3.30. The highest BCUT2D eigenvalue weighted by molar-refractivity contribution is 6.30. The molecule has 0 amide bonds. The van der Waals surface area contributed by atoms with E-state index in [1.807, 2.05) is 30.3 Å². The van der Waals surface area contributed by atoms with Gasteiger partial charge >= 0.3 is 0 Å². The van der Waals surface area contributed by atoms with Gasteiger partial charge in [0.25, 0.3) is 0 Å². The molecule has 0 bridgehead atoms. The van der Waals surface area contributed by atoms with E-state index in [-0.39, 0.29) is 0 Å². The van der Waals surface area contributed by atoms with Crippen molar-refractivity contribution in [2.24, 2.45) is 5.73 Å². The van der Waals surface area contributed by atoms with E-state index in [0.717, 1.165) is 16.5 Å². The van der Waals surface area contributed by atoms with Crippen LogP contribution in [0.25, 0.3) is 10.9 Å². The van der Waals surface area contributed by atoms with E-state index in [2.05, 4.69) is 4.98 Å². The molecule has 0 aliphatic heterocycles. The lowest BCUT2D eigenvalue weighted by Gasteiger charge is -2.15. The molecule has 2 N–H and O–H groups in total. The Labute approximate surface area is 121 Å². The summed E-state index contributed by atoms with van der Waals surface area (Å²) in [6.07, 6.45) is 1.71. The predicted molar refractivity (Wildman–Crippen MR) is 79.2 cm³/mol. The van der Waals surface area contributed by atoms with Crippen LogP contribution in [0.15, 0.2) is 54.7 Å². The van der Waals surface area contributed by atoms with Crippen molar-refractivity contribution in [3.63, 3.8) is 0 Å². The maximum Gasteiger partial charge on any atom is 0.129 e. The molecule has 1 heterocycles. The first-order chi connectivity index (χ1) is 9.66. The van der Waals surface area contributed by atoms with E-state index in [1.54, 1.807) is 18.3 Å². The van der Waals surface area contributed by atoms with Gasteiger partial charge in [0.05, 0.1) is 11.6 Å². The molecule has 100 valence electrons. The van der Waals surface area contributed by atoms with Crippen LogP contribution in [0.2, 0.25) is 5.02 Å². The molecule has 2 aromatic carbocycles. The van der Waals surface area contributed by atoms with Gasteiger partial charge in [-0.3, -0.25) is 4.98 Å². The SMILES string of the molecule is NC(c1ccc(Cl)cc1F)c1cccc2cccnc12. The number of pyridine rings is 1. The zero-order valence-electron chi connectivity index (χ0n) is 10.6. The van der Waals surface area contributed by atoms with E-state index in [4.69, 9.17) is 17.3 Å². The molecule has 0 radical (unpaired) electrons. The number of fused-ring (bicyclic) bond motifs is 1. The molecule has 1 atom stereocenters. The molecular formula is C16H12ClFN2. The zero-order valence-corrected chi connectivity index (χ0v) is 11.3. The van der Waals surface area contributed by atoms with Crippen LogP contribution in [0.1, 0.15) is 17.2 Å². The fourth-order valence-electron chi connectivity index (χ4n) is 2.30. The number of benzene rings is 2. The molecule has 4 heteroatoms.